The molecule has 176 valence electrons. The maximum Gasteiger partial charge on any atom is 0.240 e. The number of rotatable bonds is 7. The molecule has 0 unspecified atom stereocenters. The van der Waals surface area contributed by atoms with Gasteiger partial charge in [0.05, 0.1) is 11.2 Å². The molecule has 0 spiro atoms. The molecule has 3 aromatic carbocycles. The summed E-state index contributed by atoms with van der Waals surface area (Å²) in [6.45, 7) is 2.67. The number of fused-ring (bicyclic) bond motifs is 1. The Kier molecular flexibility index (Phi) is 6.41. The van der Waals surface area contributed by atoms with E-state index in [0.717, 1.165) is 55.6 Å². The van der Waals surface area contributed by atoms with Crippen molar-refractivity contribution in [3.63, 3.8) is 0 Å². The highest BCUT2D eigenvalue weighted by Gasteiger charge is 2.25. The van der Waals surface area contributed by atoms with Gasteiger partial charge in [0.15, 0.2) is 0 Å². The van der Waals surface area contributed by atoms with E-state index in [-0.39, 0.29) is 10.9 Å². The van der Waals surface area contributed by atoms with Crippen LogP contribution in [0.5, 0.6) is 0 Å². The number of anilines is 1. The van der Waals surface area contributed by atoms with Crippen LogP contribution in [0.1, 0.15) is 18.4 Å². The van der Waals surface area contributed by atoms with E-state index in [1.807, 2.05) is 54.8 Å². The van der Waals surface area contributed by atoms with Crippen LogP contribution < -0.4 is 10.5 Å². The fourth-order valence-corrected chi connectivity index (χ4v) is 5.98. The summed E-state index contributed by atoms with van der Waals surface area (Å²) in [6, 6.07) is 22.5. The lowest BCUT2D eigenvalue weighted by atomic mass is 10.0. The third-order valence-electron chi connectivity index (χ3n) is 6.53. The van der Waals surface area contributed by atoms with E-state index < -0.39 is 10.0 Å². The Morgan fingerprint density at radius 2 is 1.68 bits per heavy atom. The Morgan fingerprint density at radius 1 is 0.941 bits per heavy atom. The molecule has 6 nitrogen and oxygen atoms in total. The number of hydrogen-bond donors (Lipinski definition) is 2. The number of benzene rings is 3. The molecule has 1 saturated heterocycles. The molecule has 0 radical (unpaired) electrons. The minimum absolute atomic E-state index is 0.0629. The molecule has 1 aliphatic heterocycles. The summed E-state index contributed by atoms with van der Waals surface area (Å²) < 4.78 is 34.7. The fraction of sp³-hybridized carbons (Fsp3) is 0.259. The van der Waals surface area contributed by atoms with Crippen molar-refractivity contribution >= 4 is 26.7 Å². The van der Waals surface area contributed by atoms with E-state index in [0.29, 0.717) is 5.69 Å². The third-order valence-corrected chi connectivity index (χ3v) is 8.05. The zero-order chi connectivity index (χ0) is 23.5. The van der Waals surface area contributed by atoms with E-state index >= 15 is 0 Å². The van der Waals surface area contributed by atoms with Gasteiger partial charge in [-0.3, -0.25) is 0 Å². The first-order valence-corrected chi connectivity index (χ1v) is 13.1. The summed E-state index contributed by atoms with van der Waals surface area (Å²) in [5, 5.41) is 1.17. The van der Waals surface area contributed by atoms with Gasteiger partial charge < -0.3 is 15.1 Å². The topological polar surface area (TPSA) is 88.6 Å². The van der Waals surface area contributed by atoms with Crippen LogP contribution in [0.2, 0.25) is 0 Å². The molecule has 0 saturated carbocycles. The molecule has 7 heteroatoms. The van der Waals surface area contributed by atoms with Gasteiger partial charge in [-0.1, -0.05) is 42.5 Å². The summed E-state index contributed by atoms with van der Waals surface area (Å²) in [5.74, 6) is 0. The van der Waals surface area contributed by atoms with E-state index in [1.54, 1.807) is 18.2 Å². The second-order valence-electron chi connectivity index (χ2n) is 8.90. The molecule has 4 aromatic rings. The first-order chi connectivity index (χ1) is 16.5. The predicted molar refractivity (Wildman–Crippen MR) is 136 cm³/mol. The van der Waals surface area contributed by atoms with E-state index in [4.69, 9.17) is 10.2 Å². The van der Waals surface area contributed by atoms with Gasteiger partial charge in [0.25, 0.3) is 0 Å². The van der Waals surface area contributed by atoms with Crippen molar-refractivity contribution in [1.29, 1.82) is 0 Å². The standard InChI is InChI=1S/C27H29N3O3S/c28-23-7-3-5-20(17-23)21-6-4-8-25(18-21)34(31,32)29-24-12-15-30(16-13-24)14-11-22-19-33-27-10-2-1-9-26(22)27/h1-10,17-19,24,29H,11-16,28H2. The Hall–Kier alpha value is -3.13. The van der Waals surface area contributed by atoms with Gasteiger partial charge in [0, 0.05) is 23.7 Å². The zero-order valence-electron chi connectivity index (χ0n) is 19.0. The van der Waals surface area contributed by atoms with E-state index in [2.05, 4.69) is 15.7 Å². The first-order valence-electron chi connectivity index (χ1n) is 11.6. The Morgan fingerprint density at radius 3 is 2.47 bits per heavy atom. The lowest BCUT2D eigenvalue weighted by Crippen LogP contribution is -2.45. The molecular weight excluding hydrogens is 446 g/mol. The highest BCUT2D eigenvalue weighted by Crippen LogP contribution is 2.25. The van der Waals surface area contributed by atoms with Crippen LogP contribution in [0.15, 0.2) is 88.4 Å². The van der Waals surface area contributed by atoms with Gasteiger partial charge in [-0.25, -0.2) is 13.1 Å². The van der Waals surface area contributed by atoms with Crippen molar-refractivity contribution in [3.05, 3.63) is 84.6 Å². The third kappa shape index (κ3) is 5.01. The Balaban J connectivity index is 1.18. The van der Waals surface area contributed by atoms with Crippen LogP contribution in [-0.2, 0) is 16.4 Å². The van der Waals surface area contributed by atoms with Crippen molar-refractivity contribution < 1.29 is 12.8 Å². The number of furan rings is 1. The molecule has 0 bridgehead atoms. The molecule has 0 aliphatic carbocycles. The molecule has 3 N–H and O–H groups in total. The molecule has 1 aliphatic rings. The van der Waals surface area contributed by atoms with Crippen LogP contribution in [0.25, 0.3) is 22.1 Å². The predicted octanol–water partition coefficient (Wildman–Crippen LogP) is 4.67. The largest absolute Gasteiger partial charge is 0.464 e. The highest BCUT2D eigenvalue weighted by atomic mass is 32.2. The number of piperidine rings is 1. The lowest BCUT2D eigenvalue weighted by Gasteiger charge is -2.32. The number of likely N-dealkylation sites (tertiary alicyclic amines) is 1. The number of nitrogens with one attached hydrogen (secondary N) is 1. The molecular formula is C27H29N3O3S. The van der Waals surface area contributed by atoms with Crippen molar-refractivity contribution in [2.45, 2.75) is 30.2 Å². The number of nitrogens with zero attached hydrogens (tertiary/aromatic N) is 1. The maximum atomic E-state index is 13.1. The zero-order valence-corrected chi connectivity index (χ0v) is 19.8. The van der Waals surface area contributed by atoms with Gasteiger partial charge in [-0.2, -0.15) is 0 Å². The van der Waals surface area contributed by atoms with Gasteiger partial charge in [0.2, 0.25) is 10.0 Å². The molecule has 0 amide bonds. The highest BCUT2D eigenvalue weighted by molar-refractivity contribution is 7.89. The SMILES string of the molecule is Nc1cccc(-c2cccc(S(=O)(=O)NC3CCN(CCc4coc5ccccc45)CC3)c2)c1. The molecule has 34 heavy (non-hydrogen) atoms. The van der Waals surface area contributed by atoms with Gasteiger partial charge in [-0.15, -0.1) is 0 Å². The smallest absolute Gasteiger partial charge is 0.240 e. The van der Waals surface area contributed by atoms with Gasteiger partial charge >= 0.3 is 0 Å². The van der Waals surface area contributed by atoms with E-state index in [9.17, 15) is 8.42 Å². The molecule has 5 rings (SSSR count). The van der Waals surface area contributed by atoms with Crippen molar-refractivity contribution in [1.82, 2.24) is 9.62 Å². The number of sulfonamides is 1. The second-order valence-corrected chi connectivity index (χ2v) is 10.6. The van der Waals surface area contributed by atoms with Crippen molar-refractivity contribution in [2.24, 2.45) is 0 Å². The van der Waals surface area contributed by atoms with Crippen LogP contribution in [0.4, 0.5) is 5.69 Å². The average molecular weight is 476 g/mol. The van der Waals surface area contributed by atoms with Crippen LogP contribution in [0.3, 0.4) is 0 Å². The normalized spacial score (nSPS) is 15.6. The number of nitrogens with two attached hydrogens (primary N) is 1. The monoisotopic (exact) mass is 475 g/mol. The summed E-state index contributed by atoms with van der Waals surface area (Å²) >= 11 is 0. The van der Waals surface area contributed by atoms with Gasteiger partial charge in [-0.05, 0) is 79.4 Å². The maximum absolute atomic E-state index is 13.1. The second kappa shape index (κ2) is 9.62. The first kappa shape index (κ1) is 22.7. The Bertz CT molecular complexity index is 1390. The number of nitrogen functional groups attached to an aromatic ring is 1. The van der Waals surface area contributed by atoms with Crippen LogP contribution in [0, 0.1) is 0 Å². The van der Waals surface area contributed by atoms with E-state index in [1.165, 1.54) is 10.9 Å². The summed E-state index contributed by atoms with van der Waals surface area (Å²) in [5.41, 5.74) is 10.4. The number of hydrogen-bond acceptors (Lipinski definition) is 5. The van der Waals surface area contributed by atoms with Crippen LogP contribution in [-0.4, -0.2) is 39.0 Å². The summed E-state index contributed by atoms with van der Waals surface area (Å²) in [4.78, 5) is 2.68. The molecule has 2 heterocycles. The Labute approximate surface area is 200 Å². The van der Waals surface area contributed by atoms with Crippen molar-refractivity contribution in [3.8, 4) is 11.1 Å². The average Bonchev–Trinajstić information content (AvgIpc) is 3.27. The summed E-state index contributed by atoms with van der Waals surface area (Å²) in [6.07, 6.45) is 4.36. The van der Waals surface area contributed by atoms with Crippen molar-refractivity contribution in [2.75, 3.05) is 25.4 Å². The minimum Gasteiger partial charge on any atom is -0.464 e. The molecule has 1 aromatic heterocycles. The minimum atomic E-state index is -3.60. The molecule has 0 atom stereocenters. The fourth-order valence-electron chi connectivity index (χ4n) is 4.63. The van der Waals surface area contributed by atoms with Gasteiger partial charge in [0.1, 0.15) is 5.58 Å². The molecule has 1 fully saturated rings. The number of para-hydroxylation sites is 1. The quantitative estimate of drug-likeness (QED) is 0.379. The lowest BCUT2D eigenvalue weighted by molar-refractivity contribution is 0.209. The van der Waals surface area contributed by atoms with Crippen LogP contribution >= 0.6 is 0 Å². The summed E-state index contributed by atoms with van der Waals surface area (Å²) in [7, 11) is -3.60.